The van der Waals surface area contributed by atoms with E-state index >= 15 is 0 Å². The molecular formula is C26H25N5O2. The van der Waals surface area contributed by atoms with Crippen molar-refractivity contribution in [1.82, 2.24) is 24.6 Å². The van der Waals surface area contributed by atoms with Crippen molar-refractivity contribution in [3.05, 3.63) is 71.3 Å². The molecule has 1 saturated carbocycles. The summed E-state index contributed by atoms with van der Waals surface area (Å²) in [7, 11) is 0. The molecule has 166 valence electrons. The topological polar surface area (TPSA) is 83.9 Å². The van der Waals surface area contributed by atoms with E-state index in [0.717, 1.165) is 59.9 Å². The van der Waals surface area contributed by atoms with Crippen molar-refractivity contribution in [2.75, 3.05) is 13.1 Å². The minimum atomic E-state index is -0.207. The second kappa shape index (κ2) is 7.99. The quantitative estimate of drug-likeness (QED) is 0.514. The zero-order chi connectivity index (χ0) is 22.4. The molecule has 2 aliphatic rings. The number of hydrogen-bond donors (Lipinski definition) is 1. The largest absolute Gasteiger partial charge is 0.343 e. The van der Waals surface area contributed by atoms with Gasteiger partial charge in [0.2, 0.25) is 5.91 Å². The van der Waals surface area contributed by atoms with E-state index in [1.54, 1.807) is 10.8 Å². The molecule has 7 heteroatoms. The van der Waals surface area contributed by atoms with Gasteiger partial charge in [-0.05, 0) is 48.4 Å². The van der Waals surface area contributed by atoms with Crippen molar-refractivity contribution in [1.29, 1.82) is 0 Å². The molecule has 33 heavy (non-hydrogen) atoms. The van der Waals surface area contributed by atoms with E-state index in [0.29, 0.717) is 12.4 Å². The molecule has 6 rings (SSSR count). The molecule has 1 atom stereocenters. The molecule has 1 aliphatic carbocycles. The highest BCUT2D eigenvalue weighted by molar-refractivity contribution is 5.94. The van der Waals surface area contributed by atoms with E-state index in [1.165, 1.54) is 0 Å². The minimum Gasteiger partial charge on any atom is -0.342 e. The Bertz CT molecular complexity index is 1380. The Morgan fingerprint density at radius 3 is 2.64 bits per heavy atom. The van der Waals surface area contributed by atoms with Gasteiger partial charge in [0.15, 0.2) is 5.82 Å². The SMILES string of the molecule is O=C(C1CC1)N1CC[C@@H](Cn2c(-c3ccc(-c4cccc5ncccc45)cc3)n[nH]c2=O)C1. The molecule has 7 nitrogen and oxygen atoms in total. The van der Waals surface area contributed by atoms with Crippen LogP contribution in [0.4, 0.5) is 0 Å². The van der Waals surface area contributed by atoms with E-state index < -0.39 is 0 Å². The first-order chi connectivity index (χ1) is 16.2. The number of nitrogens with one attached hydrogen (secondary N) is 1. The van der Waals surface area contributed by atoms with Crippen LogP contribution in [0.25, 0.3) is 33.4 Å². The molecule has 1 aliphatic heterocycles. The maximum Gasteiger partial charge on any atom is 0.343 e. The van der Waals surface area contributed by atoms with Gasteiger partial charge in [-0.2, -0.15) is 5.10 Å². The summed E-state index contributed by atoms with van der Waals surface area (Å²) in [5.41, 5.74) is 3.86. The number of carbonyl (C=O) groups is 1. The third kappa shape index (κ3) is 3.73. The zero-order valence-electron chi connectivity index (χ0n) is 18.3. The number of hydrogen-bond acceptors (Lipinski definition) is 4. The first kappa shape index (κ1) is 19.9. The first-order valence-corrected chi connectivity index (χ1v) is 11.6. The van der Waals surface area contributed by atoms with Gasteiger partial charge < -0.3 is 4.90 Å². The maximum atomic E-state index is 12.5. The smallest absolute Gasteiger partial charge is 0.342 e. The number of aromatic nitrogens is 4. The average molecular weight is 440 g/mol. The Hall–Kier alpha value is -3.74. The van der Waals surface area contributed by atoms with Gasteiger partial charge in [-0.15, -0.1) is 0 Å². The summed E-state index contributed by atoms with van der Waals surface area (Å²) >= 11 is 0. The lowest BCUT2D eigenvalue weighted by atomic mass is 9.99. The molecule has 0 spiro atoms. The minimum absolute atomic E-state index is 0.207. The molecular weight excluding hydrogens is 414 g/mol. The van der Waals surface area contributed by atoms with Crippen molar-refractivity contribution in [3.63, 3.8) is 0 Å². The highest BCUT2D eigenvalue weighted by Gasteiger charge is 2.36. The van der Waals surface area contributed by atoms with Crippen LogP contribution in [-0.4, -0.2) is 43.6 Å². The van der Waals surface area contributed by atoms with Crippen LogP contribution in [0.5, 0.6) is 0 Å². The van der Waals surface area contributed by atoms with Crippen molar-refractivity contribution < 1.29 is 4.79 Å². The molecule has 1 saturated heterocycles. The summed E-state index contributed by atoms with van der Waals surface area (Å²) in [5.74, 6) is 1.44. The standard InChI is InChI=1S/C26H25N5O2/c32-25(20-10-11-20)30-14-12-17(15-30)16-31-24(28-29-26(31)33)19-8-6-18(7-9-19)21-3-1-5-23-22(21)4-2-13-27-23/h1-9,13,17,20H,10-12,14-16H2,(H,29,33)/t17-/m1/s1. The molecule has 3 heterocycles. The van der Waals surface area contributed by atoms with Crippen molar-refractivity contribution >= 4 is 16.8 Å². The molecule has 0 radical (unpaired) electrons. The maximum absolute atomic E-state index is 12.5. The number of H-pyrrole nitrogens is 1. The lowest BCUT2D eigenvalue weighted by Gasteiger charge is -2.16. The van der Waals surface area contributed by atoms with Crippen LogP contribution in [0, 0.1) is 11.8 Å². The third-order valence-electron chi connectivity index (χ3n) is 6.82. The second-order valence-corrected chi connectivity index (χ2v) is 9.13. The van der Waals surface area contributed by atoms with Crippen molar-refractivity contribution in [2.24, 2.45) is 11.8 Å². The summed E-state index contributed by atoms with van der Waals surface area (Å²) in [6, 6.07) is 18.3. The van der Waals surface area contributed by atoms with E-state index in [1.807, 2.05) is 35.2 Å². The van der Waals surface area contributed by atoms with E-state index in [2.05, 4.69) is 39.4 Å². The third-order valence-corrected chi connectivity index (χ3v) is 6.82. The van der Waals surface area contributed by atoms with Crippen LogP contribution in [0.2, 0.25) is 0 Å². The summed E-state index contributed by atoms with van der Waals surface area (Å²) < 4.78 is 1.71. The number of likely N-dealkylation sites (tertiary alicyclic amines) is 1. The lowest BCUT2D eigenvalue weighted by molar-refractivity contribution is -0.131. The predicted octanol–water partition coefficient (Wildman–Crippen LogP) is 3.71. The number of rotatable bonds is 5. The highest BCUT2D eigenvalue weighted by Crippen LogP contribution is 2.33. The summed E-state index contributed by atoms with van der Waals surface area (Å²) in [6.45, 7) is 2.08. The van der Waals surface area contributed by atoms with Gasteiger partial charge >= 0.3 is 5.69 Å². The first-order valence-electron chi connectivity index (χ1n) is 11.6. The number of aromatic amines is 1. The second-order valence-electron chi connectivity index (χ2n) is 9.13. The number of benzene rings is 2. The Morgan fingerprint density at radius 2 is 1.82 bits per heavy atom. The molecule has 1 N–H and O–H groups in total. The van der Waals surface area contributed by atoms with Crippen LogP contribution in [0.1, 0.15) is 19.3 Å². The summed E-state index contributed by atoms with van der Waals surface area (Å²) in [5, 5.41) is 8.03. The van der Waals surface area contributed by atoms with Gasteiger partial charge in [-0.1, -0.05) is 42.5 Å². The Morgan fingerprint density at radius 1 is 1.00 bits per heavy atom. The van der Waals surface area contributed by atoms with E-state index in [4.69, 9.17) is 0 Å². The Labute approximate surface area is 191 Å². The molecule has 2 aromatic carbocycles. The number of pyridine rings is 1. The molecule has 0 bridgehead atoms. The van der Waals surface area contributed by atoms with Crippen LogP contribution >= 0.6 is 0 Å². The molecule has 1 amide bonds. The monoisotopic (exact) mass is 439 g/mol. The van der Waals surface area contributed by atoms with Crippen LogP contribution in [0.3, 0.4) is 0 Å². The van der Waals surface area contributed by atoms with Gasteiger partial charge in [0.05, 0.1) is 5.52 Å². The van der Waals surface area contributed by atoms with E-state index in [9.17, 15) is 9.59 Å². The fourth-order valence-corrected chi connectivity index (χ4v) is 4.89. The summed E-state index contributed by atoms with van der Waals surface area (Å²) in [6.07, 6.45) is 4.77. The lowest BCUT2D eigenvalue weighted by Crippen LogP contribution is -2.31. The normalized spacial score (nSPS) is 18.2. The van der Waals surface area contributed by atoms with E-state index in [-0.39, 0.29) is 23.4 Å². The Kier molecular flexibility index (Phi) is 4.82. The van der Waals surface area contributed by atoms with Gasteiger partial charge in [-0.3, -0.25) is 14.3 Å². The number of fused-ring (bicyclic) bond motifs is 1. The average Bonchev–Trinajstić information content (AvgIpc) is 3.50. The number of carbonyl (C=O) groups excluding carboxylic acids is 1. The van der Waals surface area contributed by atoms with Crippen LogP contribution in [-0.2, 0) is 11.3 Å². The fourth-order valence-electron chi connectivity index (χ4n) is 4.89. The predicted molar refractivity (Wildman–Crippen MR) is 126 cm³/mol. The molecule has 0 unspecified atom stereocenters. The number of amides is 1. The molecule has 2 fully saturated rings. The van der Waals surface area contributed by atoms with Gasteiger partial charge in [0, 0.05) is 42.7 Å². The molecule has 2 aromatic heterocycles. The van der Waals surface area contributed by atoms with Crippen LogP contribution in [0.15, 0.2) is 65.6 Å². The van der Waals surface area contributed by atoms with Gasteiger partial charge in [0.1, 0.15) is 0 Å². The molecule has 4 aromatic rings. The Balaban J connectivity index is 1.24. The van der Waals surface area contributed by atoms with Crippen LogP contribution < -0.4 is 5.69 Å². The number of nitrogens with zero attached hydrogens (tertiary/aromatic N) is 4. The fraction of sp³-hybridized carbons (Fsp3) is 0.308. The zero-order valence-corrected chi connectivity index (χ0v) is 18.3. The van der Waals surface area contributed by atoms with Gasteiger partial charge in [-0.25, -0.2) is 9.89 Å². The van der Waals surface area contributed by atoms with Crippen molar-refractivity contribution in [2.45, 2.75) is 25.8 Å². The van der Waals surface area contributed by atoms with Crippen molar-refractivity contribution in [3.8, 4) is 22.5 Å². The highest BCUT2D eigenvalue weighted by atomic mass is 16.2. The van der Waals surface area contributed by atoms with Gasteiger partial charge in [0.25, 0.3) is 0 Å². The summed E-state index contributed by atoms with van der Waals surface area (Å²) in [4.78, 5) is 31.3.